The fraction of sp³-hybridized carbons (Fsp3) is 0.579. The van der Waals surface area contributed by atoms with E-state index in [-0.39, 0.29) is 18.4 Å². The first-order valence-electron chi connectivity index (χ1n) is 9.68. The molecule has 1 saturated carbocycles. The molecule has 0 atom stereocenters. The topological polar surface area (TPSA) is 94.6 Å². The fourth-order valence-corrected chi connectivity index (χ4v) is 4.19. The lowest BCUT2D eigenvalue weighted by atomic mass is 9.98. The molecule has 0 bridgehead atoms. The van der Waals surface area contributed by atoms with Crippen molar-refractivity contribution >= 4 is 23.7 Å². The first-order chi connectivity index (χ1) is 13.1. The standard InChI is InChI=1S/C19H25N5O3/c25-16(13-24-17(26)19(22-18(24)27)7-1-2-8-19)21-12-14-5-6-15(20-11-14)23-9-3-4-10-23/h5-6,11H,1-4,7-10,12-13H2,(H,21,25)(H,22,27). The number of hydrogen-bond donors (Lipinski definition) is 2. The quantitative estimate of drug-likeness (QED) is 0.758. The Kier molecular flexibility index (Phi) is 4.72. The summed E-state index contributed by atoms with van der Waals surface area (Å²) < 4.78 is 0. The van der Waals surface area contributed by atoms with Gasteiger partial charge in [-0.1, -0.05) is 18.9 Å². The molecule has 1 aliphatic carbocycles. The predicted molar refractivity (Wildman–Crippen MR) is 99.0 cm³/mol. The van der Waals surface area contributed by atoms with Gasteiger partial charge in [0, 0.05) is 25.8 Å². The van der Waals surface area contributed by atoms with Crippen molar-refractivity contribution in [2.45, 2.75) is 50.6 Å². The average Bonchev–Trinajstić information content (AvgIpc) is 3.40. The van der Waals surface area contributed by atoms with Crippen LogP contribution in [-0.4, -0.2) is 52.9 Å². The first-order valence-corrected chi connectivity index (χ1v) is 9.68. The molecule has 8 heteroatoms. The summed E-state index contributed by atoms with van der Waals surface area (Å²) in [4.78, 5) is 44.7. The number of nitrogens with zero attached hydrogens (tertiary/aromatic N) is 3. The Morgan fingerprint density at radius 3 is 2.56 bits per heavy atom. The van der Waals surface area contributed by atoms with Crippen LogP contribution in [0.25, 0.3) is 0 Å². The van der Waals surface area contributed by atoms with Gasteiger partial charge < -0.3 is 15.5 Å². The summed E-state index contributed by atoms with van der Waals surface area (Å²) in [6.45, 7) is 2.15. The number of aromatic nitrogens is 1. The number of pyridine rings is 1. The monoisotopic (exact) mass is 371 g/mol. The lowest BCUT2D eigenvalue weighted by molar-refractivity contribution is -0.134. The van der Waals surface area contributed by atoms with Gasteiger partial charge in [-0.15, -0.1) is 0 Å². The zero-order valence-electron chi connectivity index (χ0n) is 15.4. The summed E-state index contributed by atoms with van der Waals surface area (Å²) in [7, 11) is 0. The van der Waals surface area contributed by atoms with Crippen LogP contribution in [0, 0.1) is 0 Å². The third-order valence-electron chi connectivity index (χ3n) is 5.73. The fourth-order valence-electron chi connectivity index (χ4n) is 4.19. The Bertz CT molecular complexity index is 736. The van der Waals surface area contributed by atoms with Gasteiger partial charge in [0.2, 0.25) is 5.91 Å². The largest absolute Gasteiger partial charge is 0.357 e. The van der Waals surface area contributed by atoms with Crippen molar-refractivity contribution in [3.8, 4) is 0 Å². The van der Waals surface area contributed by atoms with Crippen molar-refractivity contribution in [3.63, 3.8) is 0 Å². The highest BCUT2D eigenvalue weighted by atomic mass is 16.2. The van der Waals surface area contributed by atoms with Crippen molar-refractivity contribution in [2.75, 3.05) is 24.5 Å². The van der Waals surface area contributed by atoms with E-state index < -0.39 is 11.6 Å². The molecule has 0 aromatic carbocycles. The van der Waals surface area contributed by atoms with Crippen LogP contribution in [0.2, 0.25) is 0 Å². The number of amides is 4. The molecular formula is C19H25N5O3. The van der Waals surface area contributed by atoms with Gasteiger partial charge in [-0.3, -0.25) is 14.5 Å². The second-order valence-electron chi connectivity index (χ2n) is 7.61. The number of nitrogens with one attached hydrogen (secondary N) is 2. The van der Waals surface area contributed by atoms with Crippen LogP contribution in [0.5, 0.6) is 0 Å². The van der Waals surface area contributed by atoms with Gasteiger partial charge >= 0.3 is 6.03 Å². The number of rotatable bonds is 5. The van der Waals surface area contributed by atoms with Crippen molar-refractivity contribution in [3.05, 3.63) is 23.9 Å². The van der Waals surface area contributed by atoms with Crippen molar-refractivity contribution in [2.24, 2.45) is 0 Å². The van der Waals surface area contributed by atoms with Crippen molar-refractivity contribution in [1.29, 1.82) is 0 Å². The van der Waals surface area contributed by atoms with Gasteiger partial charge in [-0.25, -0.2) is 9.78 Å². The summed E-state index contributed by atoms with van der Waals surface area (Å²) in [5.74, 6) is 0.345. The number of hydrogen-bond acceptors (Lipinski definition) is 5. The molecule has 144 valence electrons. The Hall–Kier alpha value is -2.64. The van der Waals surface area contributed by atoms with Crippen LogP contribution in [-0.2, 0) is 16.1 Å². The maximum Gasteiger partial charge on any atom is 0.325 e. The van der Waals surface area contributed by atoms with Gasteiger partial charge in [0.05, 0.1) is 0 Å². The molecular weight excluding hydrogens is 346 g/mol. The number of carbonyl (C=O) groups is 3. The van der Waals surface area contributed by atoms with E-state index >= 15 is 0 Å². The Morgan fingerprint density at radius 2 is 1.89 bits per heavy atom. The molecule has 1 aromatic rings. The molecule has 1 spiro atoms. The highest BCUT2D eigenvalue weighted by Gasteiger charge is 2.52. The van der Waals surface area contributed by atoms with Gasteiger partial charge in [-0.05, 0) is 37.3 Å². The van der Waals surface area contributed by atoms with Gasteiger partial charge in [0.1, 0.15) is 17.9 Å². The van der Waals surface area contributed by atoms with Gasteiger partial charge in [0.15, 0.2) is 0 Å². The lowest BCUT2D eigenvalue weighted by Gasteiger charge is -2.19. The van der Waals surface area contributed by atoms with Gasteiger partial charge in [0.25, 0.3) is 5.91 Å². The van der Waals surface area contributed by atoms with E-state index in [4.69, 9.17) is 0 Å². The third kappa shape index (κ3) is 3.48. The molecule has 3 fully saturated rings. The van der Waals surface area contributed by atoms with Crippen LogP contribution in [0.15, 0.2) is 18.3 Å². The highest BCUT2D eigenvalue weighted by molar-refractivity contribution is 6.09. The van der Waals surface area contributed by atoms with E-state index in [0.29, 0.717) is 19.4 Å². The van der Waals surface area contributed by atoms with Crippen LogP contribution < -0.4 is 15.5 Å². The number of imide groups is 1. The predicted octanol–water partition coefficient (Wildman–Crippen LogP) is 1.16. The SMILES string of the molecule is O=C(CN1C(=O)NC2(CCCC2)C1=O)NCc1ccc(N2CCCC2)nc1. The maximum absolute atomic E-state index is 12.6. The summed E-state index contributed by atoms with van der Waals surface area (Å²) >= 11 is 0. The molecule has 0 radical (unpaired) electrons. The van der Waals surface area contributed by atoms with Crippen molar-refractivity contribution in [1.82, 2.24) is 20.5 Å². The molecule has 3 heterocycles. The van der Waals surface area contributed by atoms with Crippen LogP contribution >= 0.6 is 0 Å². The minimum absolute atomic E-state index is 0.244. The zero-order valence-corrected chi connectivity index (χ0v) is 15.4. The van der Waals surface area contributed by atoms with Crippen LogP contribution in [0.4, 0.5) is 10.6 Å². The molecule has 8 nitrogen and oxygen atoms in total. The Labute approximate surface area is 158 Å². The average molecular weight is 371 g/mol. The normalized spacial score (nSPS) is 21.2. The number of anilines is 1. The molecule has 2 N–H and O–H groups in total. The second-order valence-corrected chi connectivity index (χ2v) is 7.61. The molecule has 27 heavy (non-hydrogen) atoms. The van der Waals surface area contributed by atoms with E-state index in [2.05, 4.69) is 20.5 Å². The molecule has 1 aromatic heterocycles. The minimum Gasteiger partial charge on any atom is -0.357 e. The molecule has 2 aliphatic heterocycles. The Balaban J connectivity index is 1.29. The maximum atomic E-state index is 12.6. The van der Waals surface area contributed by atoms with E-state index in [1.165, 1.54) is 12.8 Å². The molecule has 4 amide bonds. The molecule has 3 aliphatic rings. The van der Waals surface area contributed by atoms with E-state index in [0.717, 1.165) is 42.2 Å². The molecule has 0 unspecified atom stereocenters. The van der Waals surface area contributed by atoms with E-state index in [9.17, 15) is 14.4 Å². The van der Waals surface area contributed by atoms with Crippen LogP contribution in [0.1, 0.15) is 44.1 Å². The number of urea groups is 1. The third-order valence-corrected chi connectivity index (χ3v) is 5.73. The van der Waals surface area contributed by atoms with Gasteiger partial charge in [-0.2, -0.15) is 0 Å². The van der Waals surface area contributed by atoms with Crippen molar-refractivity contribution < 1.29 is 14.4 Å². The second kappa shape index (κ2) is 7.17. The van der Waals surface area contributed by atoms with Crippen LogP contribution in [0.3, 0.4) is 0 Å². The summed E-state index contributed by atoms with van der Waals surface area (Å²) in [5, 5.41) is 5.55. The summed E-state index contributed by atoms with van der Waals surface area (Å²) in [6, 6.07) is 3.45. The summed E-state index contributed by atoms with van der Waals surface area (Å²) in [6.07, 6.45) is 7.32. The minimum atomic E-state index is -0.771. The first kappa shape index (κ1) is 17.8. The van der Waals surface area contributed by atoms with E-state index in [1.54, 1.807) is 6.20 Å². The lowest BCUT2D eigenvalue weighted by Crippen LogP contribution is -2.45. The van der Waals surface area contributed by atoms with E-state index in [1.807, 2.05) is 12.1 Å². The zero-order chi connectivity index (χ0) is 18.9. The molecule has 2 saturated heterocycles. The summed E-state index contributed by atoms with van der Waals surface area (Å²) in [5.41, 5.74) is 0.114. The number of carbonyl (C=O) groups excluding carboxylic acids is 3. The highest BCUT2D eigenvalue weighted by Crippen LogP contribution is 2.34. The Morgan fingerprint density at radius 1 is 1.15 bits per heavy atom. The molecule has 4 rings (SSSR count). The smallest absolute Gasteiger partial charge is 0.325 e.